The van der Waals surface area contributed by atoms with E-state index in [1.54, 1.807) is 47.0 Å². The number of hydrogen-bond acceptors (Lipinski definition) is 5. The van der Waals surface area contributed by atoms with Crippen molar-refractivity contribution in [1.29, 1.82) is 0 Å². The molecule has 0 saturated carbocycles. The van der Waals surface area contributed by atoms with Crippen LogP contribution in [-0.2, 0) is 9.53 Å². The number of carbonyl (C=O) groups excluding carboxylic acids is 1. The molecule has 0 bridgehead atoms. The van der Waals surface area contributed by atoms with Crippen molar-refractivity contribution >= 4 is 35.0 Å². The van der Waals surface area contributed by atoms with Crippen LogP contribution in [0.1, 0.15) is 6.42 Å². The molecule has 2 aromatic heterocycles. The summed E-state index contributed by atoms with van der Waals surface area (Å²) in [4.78, 5) is 18.1. The Hall–Kier alpha value is -1.57. The normalized spacial score (nSPS) is 10.7. The molecule has 8 heteroatoms. The van der Waals surface area contributed by atoms with Crippen LogP contribution in [0, 0.1) is 0 Å². The van der Waals surface area contributed by atoms with Crippen molar-refractivity contribution < 1.29 is 9.53 Å². The van der Waals surface area contributed by atoms with Gasteiger partial charge >= 0.3 is 0 Å². The summed E-state index contributed by atoms with van der Waals surface area (Å²) in [5, 5.41) is 4.55. The number of halogens is 1. The number of aromatic nitrogens is 3. The van der Waals surface area contributed by atoms with E-state index in [1.807, 2.05) is 18.4 Å². The molecule has 0 spiro atoms. The van der Waals surface area contributed by atoms with Crippen molar-refractivity contribution in [3.05, 3.63) is 35.9 Å². The Labute approximate surface area is 144 Å². The maximum atomic E-state index is 12.5. The molecule has 0 aromatic carbocycles. The van der Waals surface area contributed by atoms with E-state index in [4.69, 9.17) is 16.3 Å². The Morgan fingerprint density at radius 2 is 2.35 bits per heavy atom. The maximum absolute atomic E-state index is 12.5. The lowest BCUT2D eigenvalue weighted by atomic mass is 10.3. The summed E-state index contributed by atoms with van der Waals surface area (Å²) in [5.41, 5.74) is 1.36. The van der Waals surface area contributed by atoms with E-state index < -0.39 is 0 Å². The molecule has 23 heavy (non-hydrogen) atoms. The molecule has 0 unspecified atom stereocenters. The maximum Gasteiger partial charge on any atom is 0.228 e. The third kappa shape index (κ3) is 4.70. The van der Waals surface area contributed by atoms with Gasteiger partial charge in [-0.2, -0.15) is 16.9 Å². The smallest absolute Gasteiger partial charge is 0.228 e. The SMILES string of the molecule is COCCN(C(=O)CCSC)c1cn(-c2cccnc2)nc1Cl. The zero-order valence-electron chi connectivity index (χ0n) is 13.1. The fourth-order valence-electron chi connectivity index (χ4n) is 2.03. The van der Waals surface area contributed by atoms with Crippen molar-refractivity contribution in [3.8, 4) is 5.69 Å². The minimum Gasteiger partial charge on any atom is -0.383 e. The molecule has 124 valence electrons. The number of carbonyl (C=O) groups is 1. The van der Waals surface area contributed by atoms with E-state index >= 15 is 0 Å². The standard InChI is InChI=1S/C15H19ClN4O2S/c1-22-8-7-19(14(21)5-9-23-2)13-11-20(18-15(13)16)12-4-3-6-17-10-12/h3-4,6,10-11H,5,7-9H2,1-2H3. The fraction of sp³-hybridized carbons (Fsp3) is 0.400. The van der Waals surface area contributed by atoms with Gasteiger partial charge in [0.1, 0.15) is 5.69 Å². The molecular weight excluding hydrogens is 336 g/mol. The number of anilines is 1. The molecule has 0 saturated heterocycles. The Balaban J connectivity index is 2.27. The molecule has 2 aromatic rings. The highest BCUT2D eigenvalue weighted by Crippen LogP contribution is 2.26. The predicted octanol–water partition coefficient (Wildman–Crippen LogP) is 2.65. The Bertz CT molecular complexity index is 636. The van der Waals surface area contributed by atoms with E-state index in [9.17, 15) is 4.79 Å². The van der Waals surface area contributed by atoms with Gasteiger partial charge in [0.05, 0.1) is 24.7 Å². The van der Waals surface area contributed by atoms with Gasteiger partial charge in [-0.25, -0.2) is 4.68 Å². The number of nitrogens with zero attached hydrogens (tertiary/aromatic N) is 4. The number of pyridine rings is 1. The number of methoxy groups -OCH3 is 1. The summed E-state index contributed by atoms with van der Waals surface area (Å²) in [7, 11) is 1.60. The van der Waals surface area contributed by atoms with Crippen molar-refractivity contribution in [3.63, 3.8) is 0 Å². The van der Waals surface area contributed by atoms with Crippen molar-refractivity contribution in [2.75, 3.05) is 37.2 Å². The van der Waals surface area contributed by atoms with Crippen molar-refractivity contribution in [2.24, 2.45) is 0 Å². The zero-order chi connectivity index (χ0) is 16.7. The molecule has 0 radical (unpaired) electrons. The average Bonchev–Trinajstić information content (AvgIpc) is 2.96. The highest BCUT2D eigenvalue weighted by molar-refractivity contribution is 7.98. The fourth-order valence-corrected chi connectivity index (χ4v) is 2.64. The minimum absolute atomic E-state index is 0.00374. The monoisotopic (exact) mass is 354 g/mol. The molecule has 1 amide bonds. The van der Waals surface area contributed by atoms with E-state index in [2.05, 4.69) is 10.1 Å². The molecular formula is C15H19ClN4O2S. The second-order valence-electron chi connectivity index (χ2n) is 4.74. The first kappa shape index (κ1) is 17.8. The first-order valence-electron chi connectivity index (χ1n) is 7.11. The van der Waals surface area contributed by atoms with E-state index in [0.29, 0.717) is 25.3 Å². The summed E-state index contributed by atoms with van der Waals surface area (Å²) in [6.07, 6.45) is 7.53. The van der Waals surface area contributed by atoms with Gasteiger partial charge in [-0.3, -0.25) is 9.78 Å². The van der Waals surface area contributed by atoms with E-state index in [1.165, 1.54) is 0 Å². The molecule has 0 aliphatic heterocycles. The summed E-state index contributed by atoms with van der Waals surface area (Å²) >= 11 is 7.89. The lowest BCUT2D eigenvalue weighted by Gasteiger charge is -2.21. The van der Waals surface area contributed by atoms with E-state index in [-0.39, 0.29) is 11.1 Å². The zero-order valence-corrected chi connectivity index (χ0v) is 14.7. The minimum atomic E-state index is 0.00374. The molecule has 6 nitrogen and oxygen atoms in total. The summed E-state index contributed by atoms with van der Waals surface area (Å²) < 4.78 is 6.72. The third-order valence-corrected chi connectivity index (χ3v) is 4.07. The number of amides is 1. The summed E-state index contributed by atoms with van der Waals surface area (Å²) in [6, 6.07) is 3.69. The lowest BCUT2D eigenvalue weighted by molar-refractivity contribution is -0.118. The number of thioether (sulfide) groups is 1. The van der Waals surface area contributed by atoms with Gasteiger partial charge in [0, 0.05) is 32.0 Å². The molecule has 0 atom stereocenters. The topological polar surface area (TPSA) is 60.2 Å². The average molecular weight is 355 g/mol. The summed E-state index contributed by atoms with van der Waals surface area (Å²) in [6.45, 7) is 0.863. The van der Waals surface area contributed by atoms with Crippen LogP contribution in [0.15, 0.2) is 30.7 Å². The van der Waals surface area contributed by atoms with Crippen LogP contribution in [0.2, 0.25) is 5.15 Å². The van der Waals surface area contributed by atoms with Gasteiger partial charge in [0.15, 0.2) is 5.15 Å². The second-order valence-corrected chi connectivity index (χ2v) is 6.09. The highest BCUT2D eigenvalue weighted by Gasteiger charge is 2.21. The molecule has 2 rings (SSSR count). The number of hydrogen-bond donors (Lipinski definition) is 0. The first-order chi connectivity index (χ1) is 11.2. The quantitative estimate of drug-likeness (QED) is 0.729. The molecule has 0 N–H and O–H groups in total. The van der Waals surface area contributed by atoms with Crippen LogP contribution >= 0.6 is 23.4 Å². The Morgan fingerprint density at radius 1 is 1.52 bits per heavy atom. The largest absolute Gasteiger partial charge is 0.383 e. The van der Waals surface area contributed by atoms with Crippen LogP contribution in [0.25, 0.3) is 5.69 Å². The van der Waals surface area contributed by atoms with Gasteiger partial charge in [-0.15, -0.1) is 0 Å². The molecule has 0 aliphatic rings. The van der Waals surface area contributed by atoms with E-state index in [0.717, 1.165) is 11.4 Å². The summed E-state index contributed by atoms with van der Waals surface area (Å²) in [5.74, 6) is 0.764. The second kappa shape index (κ2) is 8.90. The van der Waals surface area contributed by atoms with Gasteiger partial charge in [0.2, 0.25) is 5.91 Å². The van der Waals surface area contributed by atoms with Gasteiger partial charge < -0.3 is 9.64 Å². The molecule has 0 aliphatic carbocycles. The third-order valence-electron chi connectivity index (χ3n) is 3.19. The van der Waals surface area contributed by atoms with Crippen LogP contribution in [-0.4, -0.2) is 52.9 Å². The first-order valence-corrected chi connectivity index (χ1v) is 8.88. The van der Waals surface area contributed by atoms with Gasteiger partial charge in [0.25, 0.3) is 0 Å². The lowest BCUT2D eigenvalue weighted by Crippen LogP contribution is -2.34. The van der Waals surface area contributed by atoms with Crippen LogP contribution in [0.5, 0.6) is 0 Å². The predicted molar refractivity (Wildman–Crippen MR) is 93.6 cm³/mol. The molecule has 2 heterocycles. The van der Waals surface area contributed by atoms with Gasteiger partial charge in [-0.05, 0) is 18.4 Å². The highest BCUT2D eigenvalue weighted by atomic mass is 35.5. The Kier molecular flexibility index (Phi) is 6.88. The van der Waals surface area contributed by atoms with Gasteiger partial charge in [-0.1, -0.05) is 11.6 Å². The number of rotatable bonds is 8. The molecule has 0 fully saturated rings. The van der Waals surface area contributed by atoms with Crippen molar-refractivity contribution in [2.45, 2.75) is 6.42 Å². The van der Waals surface area contributed by atoms with Crippen LogP contribution in [0.4, 0.5) is 5.69 Å². The Morgan fingerprint density at radius 3 is 3.00 bits per heavy atom. The van der Waals surface area contributed by atoms with Crippen LogP contribution in [0.3, 0.4) is 0 Å². The number of ether oxygens (including phenoxy) is 1. The van der Waals surface area contributed by atoms with Crippen LogP contribution < -0.4 is 4.90 Å². The van der Waals surface area contributed by atoms with Crippen molar-refractivity contribution in [1.82, 2.24) is 14.8 Å².